The predicted octanol–water partition coefficient (Wildman–Crippen LogP) is 4.46. The van der Waals surface area contributed by atoms with Gasteiger partial charge in [0, 0.05) is 0 Å². The van der Waals surface area contributed by atoms with Crippen molar-refractivity contribution in [3.8, 4) is 11.1 Å². The summed E-state index contributed by atoms with van der Waals surface area (Å²) in [7, 11) is 0. The van der Waals surface area contributed by atoms with Crippen LogP contribution in [0.3, 0.4) is 0 Å². The molecule has 0 radical (unpaired) electrons. The Balaban J connectivity index is 2.29. The molecule has 1 N–H and O–H groups in total. The molecule has 0 bridgehead atoms. The Morgan fingerprint density at radius 2 is 1.75 bits per heavy atom. The number of rotatable bonds is 4. The van der Waals surface area contributed by atoms with Gasteiger partial charge in [-0.3, -0.25) is 4.79 Å². The summed E-state index contributed by atoms with van der Waals surface area (Å²) in [6, 6.07) is 14.6. The predicted molar refractivity (Wildman–Crippen MR) is 82.6 cm³/mol. The highest BCUT2D eigenvalue weighted by atomic mass is 16.4. The van der Waals surface area contributed by atoms with Crippen LogP contribution in [-0.2, 0) is 4.79 Å². The summed E-state index contributed by atoms with van der Waals surface area (Å²) in [5.41, 5.74) is 5.84. The van der Waals surface area contributed by atoms with Gasteiger partial charge in [0.1, 0.15) is 0 Å². The summed E-state index contributed by atoms with van der Waals surface area (Å²) in [6.45, 7) is 4.18. The molecule has 0 aliphatic rings. The summed E-state index contributed by atoms with van der Waals surface area (Å²) < 4.78 is 0. The Morgan fingerprint density at radius 3 is 2.40 bits per heavy atom. The zero-order chi connectivity index (χ0) is 14.5. The zero-order valence-corrected chi connectivity index (χ0v) is 11.8. The van der Waals surface area contributed by atoms with Crippen LogP contribution in [0.5, 0.6) is 0 Å². The third kappa shape index (κ3) is 3.82. The number of aryl methyl sites for hydroxylation is 2. The van der Waals surface area contributed by atoms with Crippen molar-refractivity contribution in [2.75, 3.05) is 0 Å². The van der Waals surface area contributed by atoms with Crippen LogP contribution < -0.4 is 0 Å². The molecule has 2 heteroatoms. The first-order valence-corrected chi connectivity index (χ1v) is 6.61. The molecule has 0 aromatic heterocycles. The molecule has 0 spiro atoms. The fourth-order valence-electron chi connectivity index (χ4n) is 2.26. The van der Waals surface area contributed by atoms with Crippen molar-refractivity contribution in [2.24, 2.45) is 0 Å². The Hall–Kier alpha value is -2.35. The van der Waals surface area contributed by atoms with E-state index in [1.165, 1.54) is 16.7 Å². The highest BCUT2D eigenvalue weighted by Gasteiger charge is 2.00. The van der Waals surface area contributed by atoms with Crippen molar-refractivity contribution < 1.29 is 9.90 Å². The highest BCUT2D eigenvalue weighted by Crippen LogP contribution is 2.23. The number of hydrogen-bond acceptors (Lipinski definition) is 1. The first-order valence-electron chi connectivity index (χ1n) is 6.61. The molecule has 2 nitrogen and oxygen atoms in total. The van der Waals surface area contributed by atoms with Crippen LogP contribution in [-0.4, -0.2) is 11.1 Å². The van der Waals surface area contributed by atoms with Gasteiger partial charge in [-0.2, -0.15) is 0 Å². The Kier molecular flexibility index (Phi) is 4.36. The smallest absolute Gasteiger partial charge is 0.307 e. The maximum atomic E-state index is 10.5. The van der Waals surface area contributed by atoms with E-state index in [-0.39, 0.29) is 6.42 Å². The van der Waals surface area contributed by atoms with Crippen molar-refractivity contribution in [3.63, 3.8) is 0 Å². The molecule has 2 aromatic rings. The summed E-state index contributed by atoms with van der Waals surface area (Å²) in [6.07, 6.45) is 3.57. The van der Waals surface area contributed by atoms with E-state index in [4.69, 9.17) is 5.11 Å². The van der Waals surface area contributed by atoms with Crippen LogP contribution in [0.1, 0.15) is 23.1 Å². The van der Waals surface area contributed by atoms with Gasteiger partial charge in [-0.25, -0.2) is 0 Å². The van der Waals surface area contributed by atoms with Gasteiger partial charge in [0.05, 0.1) is 6.42 Å². The van der Waals surface area contributed by atoms with E-state index in [1.807, 2.05) is 18.2 Å². The summed E-state index contributed by atoms with van der Waals surface area (Å²) in [4.78, 5) is 10.5. The molecule has 0 unspecified atom stereocenters. The monoisotopic (exact) mass is 266 g/mol. The van der Waals surface area contributed by atoms with E-state index in [0.29, 0.717) is 0 Å². The van der Waals surface area contributed by atoms with Crippen LogP contribution in [0.15, 0.2) is 48.5 Å². The molecule has 102 valence electrons. The Bertz CT molecular complexity index is 634. The van der Waals surface area contributed by atoms with Crippen molar-refractivity contribution in [2.45, 2.75) is 20.3 Å². The lowest BCUT2D eigenvalue weighted by atomic mass is 9.99. The fraction of sp³-hybridized carbons (Fsp3) is 0.167. The van der Waals surface area contributed by atoms with Gasteiger partial charge in [0.15, 0.2) is 0 Å². The minimum absolute atomic E-state index is 0.0494. The molecule has 0 atom stereocenters. The second-order valence-corrected chi connectivity index (χ2v) is 5.00. The molecule has 0 amide bonds. The number of carbonyl (C=O) groups is 1. The molecule has 0 aliphatic carbocycles. The van der Waals surface area contributed by atoms with Gasteiger partial charge in [0.25, 0.3) is 0 Å². The van der Waals surface area contributed by atoms with E-state index in [2.05, 4.69) is 44.2 Å². The van der Waals surface area contributed by atoms with Gasteiger partial charge in [-0.05, 0) is 36.6 Å². The Labute approximate surface area is 119 Å². The lowest BCUT2D eigenvalue weighted by molar-refractivity contribution is -0.135. The second-order valence-electron chi connectivity index (χ2n) is 5.00. The lowest BCUT2D eigenvalue weighted by Crippen LogP contribution is -1.89. The van der Waals surface area contributed by atoms with Gasteiger partial charge in [-0.15, -0.1) is 0 Å². The van der Waals surface area contributed by atoms with Crippen LogP contribution in [0, 0.1) is 13.8 Å². The van der Waals surface area contributed by atoms with E-state index >= 15 is 0 Å². The largest absolute Gasteiger partial charge is 0.481 e. The molecule has 0 aliphatic heterocycles. The van der Waals surface area contributed by atoms with Gasteiger partial charge < -0.3 is 5.11 Å². The van der Waals surface area contributed by atoms with Gasteiger partial charge >= 0.3 is 5.97 Å². The van der Waals surface area contributed by atoms with E-state index in [9.17, 15) is 4.79 Å². The van der Waals surface area contributed by atoms with E-state index < -0.39 is 5.97 Å². The summed E-state index contributed by atoms with van der Waals surface area (Å²) in [5, 5.41) is 8.63. The van der Waals surface area contributed by atoms with Crippen molar-refractivity contribution >= 4 is 12.0 Å². The number of aliphatic carboxylic acids is 1. The fourth-order valence-corrected chi connectivity index (χ4v) is 2.26. The second kappa shape index (κ2) is 6.20. The standard InChI is InChI=1S/C18H18O2/c1-13-9-14(2)11-17(10-13)16-7-3-5-15(12-16)6-4-8-18(19)20/h3-7,9-12H,8H2,1-2H3,(H,19,20)/b6-4+. The third-order valence-corrected chi connectivity index (χ3v) is 3.04. The molecule has 0 saturated heterocycles. The topological polar surface area (TPSA) is 37.3 Å². The Morgan fingerprint density at radius 1 is 1.05 bits per heavy atom. The normalized spacial score (nSPS) is 10.9. The van der Waals surface area contributed by atoms with Crippen molar-refractivity contribution in [3.05, 3.63) is 65.2 Å². The minimum atomic E-state index is -0.813. The average molecular weight is 266 g/mol. The zero-order valence-electron chi connectivity index (χ0n) is 11.8. The van der Waals surface area contributed by atoms with Gasteiger partial charge in [0.2, 0.25) is 0 Å². The van der Waals surface area contributed by atoms with Crippen molar-refractivity contribution in [1.82, 2.24) is 0 Å². The number of benzene rings is 2. The molecule has 0 saturated carbocycles. The maximum Gasteiger partial charge on any atom is 0.307 e. The highest BCUT2D eigenvalue weighted by molar-refractivity contribution is 5.72. The quantitative estimate of drug-likeness (QED) is 0.887. The maximum absolute atomic E-state index is 10.5. The summed E-state index contributed by atoms with van der Waals surface area (Å²) in [5.74, 6) is -0.813. The molecular formula is C18H18O2. The SMILES string of the molecule is Cc1cc(C)cc(-c2cccc(/C=C/CC(=O)O)c2)c1. The lowest BCUT2D eigenvalue weighted by Gasteiger charge is -2.06. The molecule has 2 aromatic carbocycles. The van der Waals surface area contributed by atoms with E-state index in [0.717, 1.165) is 11.1 Å². The average Bonchev–Trinajstić information content (AvgIpc) is 2.37. The minimum Gasteiger partial charge on any atom is -0.481 e. The first kappa shape index (κ1) is 14.1. The third-order valence-electron chi connectivity index (χ3n) is 3.04. The van der Waals surface area contributed by atoms with Crippen LogP contribution in [0.2, 0.25) is 0 Å². The van der Waals surface area contributed by atoms with Crippen molar-refractivity contribution in [1.29, 1.82) is 0 Å². The molecule has 0 heterocycles. The molecule has 0 fully saturated rings. The number of carboxylic acid groups (broad SMARTS) is 1. The van der Waals surface area contributed by atoms with Crippen LogP contribution >= 0.6 is 0 Å². The molecule has 2 rings (SSSR count). The van der Waals surface area contributed by atoms with Gasteiger partial charge in [-0.1, -0.05) is 59.7 Å². The summed E-state index contributed by atoms with van der Waals surface area (Å²) >= 11 is 0. The first-order chi connectivity index (χ1) is 9.54. The van der Waals surface area contributed by atoms with Crippen LogP contribution in [0.4, 0.5) is 0 Å². The molecular weight excluding hydrogens is 248 g/mol. The number of hydrogen-bond donors (Lipinski definition) is 1. The van der Waals surface area contributed by atoms with Crippen LogP contribution in [0.25, 0.3) is 17.2 Å². The number of carboxylic acids is 1. The molecule has 20 heavy (non-hydrogen) atoms. The van der Waals surface area contributed by atoms with E-state index in [1.54, 1.807) is 6.08 Å².